The van der Waals surface area contributed by atoms with Crippen molar-refractivity contribution in [1.29, 1.82) is 0 Å². The topological polar surface area (TPSA) is 46.3 Å². The fourth-order valence-corrected chi connectivity index (χ4v) is 2.67. The van der Waals surface area contributed by atoms with Gasteiger partial charge in [0.2, 0.25) is 5.91 Å². The molecular weight excluding hydrogens is 248 g/mol. The third kappa shape index (κ3) is 2.39. The standard InChI is InChI=1S/C17H18N2O/c1-12-4-2-3-5-13(12)9-17(20)19-10-14-6-7-16(18)8-15(14)11-19/h2-8H,9-11,18H2,1H3. The predicted octanol–water partition coefficient (Wildman–Crippen LogP) is 2.66. The van der Waals surface area contributed by atoms with Crippen LogP contribution in [0.25, 0.3) is 0 Å². The molecule has 0 aliphatic carbocycles. The summed E-state index contributed by atoms with van der Waals surface area (Å²) in [6, 6.07) is 13.9. The zero-order chi connectivity index (χ0) is 14.1. The van der Waals surface area contributed by atoms with Crippen LogP contribution in [-0.2, 0) is 24.3 Å². The lowest BCUT2D eigenvalue weighted by Gasteiger charge is -2.16. The number of hydrogen-bond acceptors (Lipinski definition) is 2. The largest absolute Gasteiger partial charge is 0.399 e. The molecule has 3 heteroatoms. The van der Waals surface area contributed by atoms with E-state index in [2.05, 4.69) is 0 Å². The molecule has 3 rings (SSSR count). The average molecular weight is 266 g/mol. The summed E-state index contributed by atoms with van der Waals surface area (Å²) in [7, 11) is 0. The van der Waals surface area contributed by atoms with Crippen LogP contribution in [-0.4, -0.2) is 10.8 Å². The van der Waals surface area contributed by atoms with E-state index < -0.39 is 0 Å². The van der Waals surface area contributed by atoms with Crippen LogP contribution in [0.3, 0.4) is 0 Å². The lowest BCUT2D eigenvalue weighted by Crippen LogP contribution is -2.27. The first-order valence-electron chi connectivity index (χ1n) is 6.83. The van der Waals surface area contributed by atoms with Crippen LogP contribution in [0.5, 0.6) is 0 Å². The zero-order valence-corrected chi connectivity index (χ0v) is 11.6. The van der Waals surface area contributed by atoms with Crippen LogP contribution >= 0.6 is 0 Å². The molecule has 2 aromatic rings. The summed E-state index contributed by atoms with van der Waals surface area (Å²) >= 11 is 0. The fourth-order valence-electron chi connectivity index (χ4n) is 2.67. The maximum Gasteiger partial charge on any atom is 0.227 e. The second-order valence-electron chi connectivity index (χ2n) is 5.38. The minimum Gasteiger partial charge on any atom is -0.399 e. The van der Waals surface area contributed by atoms with Crippen LogP contribution in [0, 0.1) is 6.92 Å². The van der Waals surface area contributed by atoms with E-state index >= 15 is 0 Å². The molecular formula is C17H18N2O. The molecule has 0 spiro atoms. The number of nitrogens with two attached hydrogens (primary N) is 1. The van der Waals surface area contributed by atoms with Crippen molar-refractivity contribution in [2.24, 2.45) is 0 Å². The Hall–Kier alpha value is -2.29. The van der Waals surface area contributed by atoms with Crippen molar-refractivity contribution in [2.75, 3.05) is 5.73 Å². The molecule has 0 bridgehead atoms. The van der Waals surface area contributed by atoms with Gasteiger partial charge in [-0.25, -0.2) is 0 Å². The van der Waals surface area contributed by atoms with Crippen LogP contribution in [0.1, 0.15) is 22.3 Å². The molecule has 0 fully saturated rings. The molecule has 0 unspecified atom stereocenters. The van der Waals surface area contributed by atoms with Gasteiger partial charge in [0, 0.05) is 18.8 Å². The monoisotopic (exact) mass is 266 g/mol. The quantitative estimate of drug-likeness (QED) is 0.849. The Balaban J connectivity index is 1.73. The fraction of sp³-hybridized carbons (Fsp3) is 0.235. The van der Waals surface area contributed by atoms with Crippen LogP contribution in [0.4, 0.5) is 5.69 Å². The Morgan fingerprint density at radius 1 is 1.15 bits per heavy atom. The summed E-state index contributed by atoms with van der Waals surface area (Å²) in [5.74, 6) is 0.175. The molecule has 2 N–H and O–H groups in total. The van der Waals surface area contributed by atoms with Gasteiger partial charge in [0.1, 0.15) is 0 Å². The van der Waals surface area contributed by atoms with E-state index in [1.165, 1.54) is 16.7 Å². The van der Waals surface area contributed by atoms with Gasteiger partial charge in [-0.2, -0.15) is 0 Å². The number of fused-ring (bicyclic) bond motifs is 1. The van der Waals surface area contributed by atoms with Gasteiger partial charge >= 0.3 is 0 Å². The number of nitrogens with zero attached hydrogens (tertiary/aromatic N) is 1. The van der Waals surface area contributed by atoms with Gasteiger partial charge in [0.15, 0.2) is 0 Å². The maximum absolute atomic E-state index is 12.4. The number of rotatable bonds is 2. The van der Waals surface area contributed by atoms with Gasteiger partial charge in [-0.3, -0.25) is 4.79 Å². The number of aryl methyl sites for hydroxylation is 1. The van der Waals surface area contributed by atoms with Crippen LogP contribution in [0.15, 0.2) is 42.5 Å². The summed E-state index contributed by atoms with van der Waals surface area (Å²) in [6.07, 6.45) is 0.468. The van der Waals surface area contributed by atoms with E-state index in [0.717, 1.165) is 11.3 Å². The summed E-state index contributed by atoms with van der Waals surface area (Å²) in [6.45, 7) is 3.41. The summed E-state index contributed by atoms with van der Waals surface area (Å²) < 4.78 is 0. The highest BCUT2D eigenvalue weighted by Crippen LogP contribution is 2.25. The van der Waals surface area contributed by atoms with Gasteiger partial charge in [-0.15, -0.1) is 0 Å². The number of hydrogen-bond donors (Lipinski definition) is 1. The van der Waals surface area contributed by atoms with Gasteiger partial charge in [-0.05, 0) is 41.3 Å². The van der Waals surface area contributed by atoms with E-state index in [0.29, 0.717) is 19.5 Å². The highest BCUT2D eigenvalue weighted by molar-refractivity contribution is 5.80. The Bertz CT molecular complexity index is 664. The number of carbonyl (C=O) groups is 1. The molecule has 0 saturated heterocycles. The van der Waals surface area contributed by atoms with Crippen molar-refractivity contribution in [3.63, 3.8) is 0 Å². The normalized spacial score (nSPS) is 13.3. The third-order valence-corrected chi connectivity index (χ3v) is 3.91. The van der Waals surface area contributed by atoms with Crippen molar-refractivity contribution in [2.45, 2.75) is 26.4 Å². The van der Waals surface area contributed by atoms with Crippen molar-refractivity contribution in [1.82, 2.24) is 4.90 Å². The van der Waals surface area contributed by atoms with Crippen LogP contribution in [0.2, 0.25) is 0 Å². The lowest BCUT2D eigenvalue weighted by molar-refractivity contribution is -0.131. The molecule has 0 radical (unpaired) electrons. The second-order valence-corrected chi connectivity index (χ2v) is 5.38. The SMILES string of the molecule is Cc1ccccc1CC(=O)N1Cc2ccc(N)cc2C1. The van der Waals surface area contributed by atoms with E-state index in [1.54, 1.807) is 0 Å². The molecule has 20 heavy (non-hydrogen) atoms. The molecule has 1 heterocycles. The minimum atomic E-state index is 0.175. The lowest BCUT2D eigenvalue weighted by atomic mass is 10.1. The molecule has 1 aliphatic heterocycles. The molecule has 0 aromatic heterocycles. The van der Waals surface area contributed by atoms with Gasteiger partial charge in [-0.1, -0.05) is 30.3 Å². The number of nitrogen functional groups attached to an aromatic ring is 1. The second kappa shape index (κ2) is 5.00. The Morgan fingerprint density at radius 3 is 2.70 bits per heavy atom. The van der Waals surface area contributed by atoms with E-state index in [1.807, 2.05) is 54.3 Å². The van der Waals surface area contributed by atoms with Crippen molar-refractivity contribution < 1.29 is 4.79 Å². The van der Waals surface area contributed by atoms with Gasteiger partial charge in [0.25, 0.3) is 0 Å². The summed E-state index contributed by atoms with van der Waals surface area (Å²) in [5.41, 5.74) is 11.2. The van der Waals surface area contributed by atoms with Crippen molar-refractivity contribution in [3.05, 3.63) is 64.7 Å². The number of benzene rings is 2. The maximum atomic E-state index is 12.4. The minimum absolute atomic E-state index is 0.175. The van der Waals surface area contributed by atoms with E-state index in [4.69, 9.17) is 5.73 Å². The highest BCUT2D eigenvalue weighted by Gasteiger charge is 2.23. The summed E-state index contributed by atoms with van der Waals surface area (Å²) in [4.78, 5) is 14.3. The highest BCUT2D eigenvalue weighted by atomic mass is 16.2. The number of carbonyl (C=O) groups excluding carboxylic acids is 1. The Labute approximate surface area is 119 Å². The van der Waals surface area contributed by atoms with Crippen molar-refractivity contribution in [3.8, 4) is 0 Å². The van der Waals surface area contributed by atoms with E-state index in [9.17, 15) is 4.79 Å². The zero-order valence-electron chi connectivity index (χ0n) is 11.6. The predicted molar refractivity (Wildman–Crippen MR) is 80.0 cm³/mol. The molecule has 2 aromatic carbocycles. The first-order valence-corrected chi connectivity index (χ1v) is 6.83. The van der Waals surface area contributed by atoms with Gasteiger partial charge in [0.05, 0.1) is 6.42 Å². The van der Waals surface area contributed by atoms with Crippen LogP contribution < -0.4 is 5.73 Å². The van der Waals surface area contributed by atoms with Crippen molar-refractivity contribution >= 4 is 11.6 Å². The Morgan fingerprint density at radius 2 is 1.90 bits per heavy atom. The first-order chi connectivity index (χ1) is 9.63. The van der Waals surface area contributed by atoms with E-state index in [-0.39, 0.29) is 5.91 Å². The Kier molecular flexibility index (Phi) is 3.18. The molecule has 0 atom stereocenters. The summed E-state index contributed by atoms with van der Waals surface area (Å²) in [5, 5.41) is 0. The molecule has 1 aliphatic rings. The smallest absolute Gasteiger partial charge is 0.227 e. The molecule has 3 nitrogen and oxygen atoms in total. The molecule has 102 valence electrons. The number of amides is 1. The molecule has 1 amide bonds. The average Bonchev–Trinajstić information content (AvgIpc) is 2.84. The third-order valence-electron chi connectivity index (χ3n) is 3.91. The number of anilines is 1. The first kappa shape index (κ1) is 12.7. The van der Waals surface area contributed by atoms with Gasteiger partial charge < -0.3 is 10.6 Å². The molecule has 0 saturated carbocycles.